The van der Waals surface area contributed by atoms with Gasteiger partial charge in [0.25, 0.3) is 0 Å². The van der Waals surface area contributed by atoms with Crippen molar-refractivity contribution in [3.8, 4) is 44.7 Å². The number of para-hydroxylation sites is 9. The van der Waals surface area contributed by atoms with Crippen LogP contribution in [0.1, 0.15) is 0 Å². The Morgan fingerprint density at radius 3 is 1.62 bits per heavy atom. The first-order valence-electron chi connectivity index (χ1n) is 19.0. The molecule has 0 fully saturated rings. The minimum atomic E-state index is 0.553. The molecule has 0 unspecified atom stereocenters. The zero-order valence-electron chi connectivity index (χ0n) is 30.7. The second kappa shape index (κ2) is 13.2. The number of oxazole rings is 1. The van der Waals surface area contributed by atoms with E-state index in [1.54, 1.807) is 11.3 Å². The number of fused-ring (bicyclic) bond motifs is 6. The second-order valence-corrected chi connectivity index (χ2v) is 16.4. The number of rotatable bonds is 5. The Hall–Kier alpha value is -7.13. The van der Waals surface area contributed by atoms with Crippen LogP contribution in [-0.4, -0.2) is 9.97 Å². The van der Waals surface area contributed by atoms with Crippen LogP contribution in [0.15, 0.2) is 196 Å². The standard InChI is InChI=1S/C50H30N4O2S2/c1-7-19-43-37(13-1)51-49(56-43)33-25-31(27-35(29-33)53-39-15-3-8-20-44(39)55-45-21-9-4-16-40(45)53)32-26-34(50-52-38-14-2-10-22-46(38)58-50)30-36(28-32)54-41-17-5-11-23-47(41)57-48-24-12-6-18-42(48)54/h1-30H. The maximum atomic E-state index is 6.48. The van der Waals surface area contributed by atoms with Gasteiger partial charge < -0.3 is 19.0 Å². The summed E-state index contributed by atoms with van der Waals surface area (Å²) in [6, 6.07) is 63.4. The molecule has 0 radical (unpaired) electrons. The molecule has 0 atom stereocenters. The predicted octanol–water partition coefficient (Wildman–Crippen LogP) is 14.9. The molecular weight excluding hydrogens is 753 g/mol. The Balaban J connectivity index is 1.13. The lowest BCUT2D eigenvalue weighted by atomic mass is 9.97. The third-order valence-electron chi connectivity index (χ3n) is 10.6. The summed E-state index contributed by atoms with van der Waals surface area (Å²) in [6.45, 7) is 0. The highest BCUT2D eigenvalue weighted by Gasteiger charge is 2.28. The SMILES string of the molecule is c1ccc2c(c1)Oc1ccccc1N2c1cc(-c2cc(-c3nc4ccccc4s3)cc(N3c4ccccc4Sc4ccccc43)c2)cc(-c2nc3ccccc3o2)c1. The highest BCUT2D eigenvalue weighted by molar-refractivity contribution is 7.99. The molecule has 12 rings (SSSR count). The van der Waals surface area contributed by atoms with E-state index in [1.807, 2.05) is 66.4 Å². The number of hydrogen-bond donors (Lipinski definition) is 0. The van der Waals surface area contributed by atoms with Crippen molar-refractivity contribution < 1.29 is 9.15 Å². The average molecular weight is 783 g/mol. The van der Waals surface area contributed by atoms with Crippen molar-refractivity contribution >= 4 is 78.5 Å². The molecule has 58 heavy (non-hydrogen) atoms. The van der Waals surface area contributed by atoms with Crippen molar-refractivity contribution in [2.75, 3.05) is 9.80 Å². The summed E-state index contributed by atoms with van der Waals surface area (Å²) in [5, 5.41) is 0.962. The van der Waals surface area contributed by atoms with E-state index in [0.29, 0.717) is 5.89 Å². The van der Waals surface area contributed by atoms with E-state index in [9.17, 15) is 0 Å². The lowest BCUT2D eigenvalue weighted by molar-refractivity contribution is 0.477. The van der Waals surface area contributed by atoms with Gasteiger partial charge in [-0.3, -0.25) is 0 Å². The number of hydrogen-bond acceptors (Lipinski definition) is 8. The summed E-state index contributed by atoms with van der Waals surface area (Å²) in [4.78, 5) is 17.2. The van der Waals surface area contributed by atoms with Crippen molar-refractivity contribution in [2.24, 2.45) is 0 Å². The predicted molar refractivity (Wildman–Crippen MR) is 237 cm³/mol. The number of nitrogens with zero attached hydrogens (tertiary/aromatic N) is 4. The molecule has 4 heterocycles. The summed E-state index contributed by atoms with van der Waals surface area (Å²) in [5.74, 6) is 2.13. The van der Waals surface area contributed by atoms with Gasteiger partial charge in [-0.1, -0.05) is 84.6 Å². The molecule has 2 aromatic heterocycles. The molecule has 274 valence electrons. The van der Waals surface area contributed by atoms with Crippen LogP contribution >= 0.6 is 23.1 Å². The molecule has 0 amide bonds. The van der Waals surface area contributed by atoms with Crippen LogP contribution in [0.3, 0.4) is 0 Å². The minimum Gasteiger partial charge on any atom is -0.453 e. The topological polar surface area (TPSA) is 54.6 Å². The highest BCUT2D eigenvalue weighted by atomic mass is 32.2. The number of benzene rings is 8. The molecule has 0 aliphatic carbocycles. The van der Waals surface area contributed by atoms with Crippen LogP contribution in [-0.2, 0) is 0 Å². The fourth-order valence-corrected chi connectivity index (χ4v) is 10.0. The van der Waals surface area contributed by atoms with E-state index in [1.165, 1.54) is 9.79 Å². The van der Waals surface area contributed by atoms with Gasteiger partial charge in [-0.25, -0.2) is 9.97 Å². The molecule has 8 heteroatoms. The molecular formula is C50H30N4O2S2. The van der Waals surface area contributed by atoms with Crippen molar-refractivity contribution in [1.29, 1.82) is 0 Å². The Morgan fingerprint density at radius 1 is 0.431 bits per heavy atom. The molecule has 6 nitrogen and oxygen atoms in total. The largest absolute Gasteiger partial charge is 0.453 e. The maximum absolute atomic E-state index is 6.48. The highest BCUT2D eigenvalue weighted by Crippen LogP contribution is 2.54. The van der Waals surface area contributed by atoms with E-state index >= 15 is 0 Å². The van der Waals surface area contributed by atoms with Crippen molar-refractivity contribution in [3.63, 3.8) is 0 Å². The molecule has 8 aromatic carbocycles. The Labute approximate surface area is 342 Å². The van der Waals surface area contributed by atoms with Crippen molar-refractivity contribution in [3.05, 3.63) is 182 Å². The van der Waals surface area contributed by atoms with E-state index in [-0.39, 0.29) is 0 Å². The zero-order valence-corrected chi connectivity index (χ0v) is 32.4. The van der Waals surface area contributed by atoms with Crippen molar-refractivity contribution in [1.82, 2.24) is 9.97 Å². The lowest BCUT2D eigenvalue weighted by Crippen LogP contribution is -2.16. The molecule has 0 saturated carbocycles. The Morgan fingerprint density at radius 2 is 0.948 bits per heavy atom. The van der Waals surface area contributed by atoms with Crippen LogP contribution < -0.4 is 14.5 Å². The first kappa shape index (κ1) is 33.1. The van der Waals surface area contributed by atoms with Crippen LogP contribution in [0.4, 0.5) is 34.1 Å². The number of ether oxygens (including phenoxy) is 1. The van der Waals surface area contributed by atoms with E-state index in [4.69, 9.17) is 19.1 Å². The van der Waals surface area contributed by atoms with E-state index in [2.05, 4.69) is 137 Å². The quantitative estimate of drug-likeness (QED) is 0.172. The lowest BCUT2D eigenvalue weighted by Gasteiger charge is -2.34. The fourth-order valence-electron chi connectivity index (χ4n) is 8.02. The van der Waals surface area contributed by atoms with E-state index in [0.717, 1.165) is 94.2 Å². The summed E-state index contributed by atoms with van der Waals surface area (Å²) in [6.07, 6.45) is 0. The number of aromatic nitrogens is 2. The van der Waals surface area contributed by atoms with Gasteiger partial charge >= 0.3 is 0 Å². The molecule has 2 aliphatic rings. The molecule has 10 aromatic rings. The molecule has 2 aliphatic heterocycles. The summed E-state index contributed by atoms with van der Waals surface area (Å²) >= 11 is 3.52. The molecule has 0 spiro atoms. The fraction of sp³-hybridized carbons (Fsp3) is 0. The van der Waals surface area contributed by atoms with Crippen LogP contribution in [0, 0.1) is 0 Å². The van der Waals surface area contributed by atoms with Crippen LogP contribution in [0.2, 0.25) is 0 Å². The van der Waals surface area contributed by atoms with Gasteiger partial charge in [0.05, 0.1) is 33.0 Å². The number of anilines is 6. The Bertz CT molecular complexity index is 2870. The summed E-state index contributed by atoms with van der Waals surface area (Å²) in [5.41, 5.74) is 12.7. The smallest absolute Gasteiger partial charge is 0.227 e. The van der Waals surface area contributed by atoms with Gasteiger partial charge in [0, 0.05) is 32.3 Å². The summed E-state index contributed by atoms with van der Waals surface area (Å²) in [7, 11) is 0. The van der Waals surface area contributed by atoms with Crippen LogP contribution in [0.5, 0.6) is 11.5 Å². The monoisotopic (exact) mass is 782 g/mol. The number of thiazole rings is 1. The third-order valence-corrected chi connectivity index (χ3v) is 12.8. The van der Waals surface area contributed by atoms with Gasteiger partial charge in [-0.15, -0.1) is 11.3 Å². The average Bonchev–Trinajstić information content (AvgIpc) is 3.92. The molecule has 0 saturated heterocycles. The molecule has 0 bridgehead atoms. The van der Waals surface area contributed by atoms with Gasteiger partial charge in [0.2, 0.25) is 5.89 Å². The third kappa shape index (κ3) is 5.49. The molecule has 0 N–H and O–H groups in total. The maximum Gasteiger partial charge on any atom is 0.227 e. The van der Waals surface area contributed by atoms with Gasteiger partial charge in [-0.2, -0.15) is 0 Å². The van der Waals surface area contributed by atoms with E-state index < -0.39 is 0 Å². The van der Waals surface area contributed by atoms with Crippen LogP contribution in [0.25, 0.3) is 54.5 Å². The first-order valence-corrected chi connectivity index (χ1v) is 20.7. The van der Waals surface area contributed by atoms with Crippen molar-refractivity contribution in [2.45, 2.75) is 9.79 Å². The zero-order chi connectivity index (χ0) is 38.2. The Kier molecular flexibility index (Phi) is 7.54. The van der Waals surface area contributed by atoms with Gasteiger partial charge in [0.15, 0.2) is 17.1 Å². The van der Waals surface area contributed by atoms with Gasteiger partial charge in [0.1, 0.15) is 10.5 Å². The second-order valence-electron chi connectivity index (χ2n) is 14.3. The first-order chi connectivity index (χ1) is 28.7. The minimum absolute atomic E-state index is 0.553. The summed E-state index contributed by atoms with van der Waals surface area (Å²) < 4.78 is 14.1. The van der Waals surface area contributed by atoms with Gasteiger partial charge in [-0.05, 0) is 120 Å². The normalized spacial score (nSPS) is 12.8.